The maximum atomic E-state index is 12.0. The number of carbonyl (C=O) groups is 2. The fourth-order valence-electron chi connectivity index (χ4n) is 1.42. The van der Waals surface area contributed by atoms with Gasteiger partial charge >= 0.3 is 5.97 Å². The summed E-state index contributed by atoms with van der Waals surface area (Å²) in [6, 6.07) is 0.929. The highest BCUT2D eigenvalue weighted by Crippen LogP contribution is 2.22. The summed E-state index contributed by atoms with van der Waals surface area (Å²) in [7, 11) is 0. The van der Waals surface area contributed by atoms with E-state index < -0.39 is 23.8 Å². The number of rotatable bonds is 6. The molecule has 0 bridgehead atoms. The highest BCUT2D eigenvalue weighted by Gasteiger charge is 2.22. The largest absolute Gasteiger partial charge is 0.481 e. The Labute approximate surface area is 122 Å². The third-order valence-corrected chi connectivity index (χ3v) is 3.12. The maximum Gasteiger partial charge on any atom is 0.308 e. The van der Waals surface area contributed by atoms with Gasteiger partial charge in [0.2, 0.25) is 5.88 Å². The molecule has 6 nitrogen and oxygen atoms in total. The molecule has 110 valence electrons. The zero-order valence-electron chi connectivity index (χ0n) is 11.5. The van der Waals surface area contributed by atoms with Gasteiger partial charge in [-0.05, 0) is 26.8 Å². The fraction of sp³-hybridized carbons (Fsp3) is 0.462. The number of halogens is 1. The minimum atomic E-state index is -0.972. The molecule has 2 unspecified atom stereocenters. The maximum absolute atomic E-state index is 12.0. The van der Waals surface area contributed by atoms with Crippen molar-refractivity contribution in [1.82, 2.24) is 10.3 Å². The zero-order chi connectivity index (χ0) is 15.3. The number of ether oxygens (including phenoxy) is 1. The van der Waals surface area contributed by atoms with Crippen molar-refractivity contribution in [3.8, 4) is 5.88 Å². The molecule has 0 aliphatic rings. The van der Waals surface area contributed by atoms with E-state index in [1.807, 2.05) is 0 Å². The Kier molecular flexibility index (Phi) is 5.76. The Morgan fingerprint density at radius 3 is 2.65 bits per heavy atom. The van der Waals surface area contributed by atoms with Crippen LogP contribution in [0.4, 0.5) is 0 Å². The number of aromatic nitrogens is 1. The lowest BCUT2D eigenvalue weighted by molar-refractivity contribution is -0.141. The number of hydrogen-bond donors (Lipinski definition) is 2. The summed E-state index contributed by atoms with van der Waals surface area (Å²) in [6.07, 6.45) is 1.34. The van der Waals surface area contributed by atoms with Crippen LogP contribution >= 0.6 is 11.6 Å². The van der Waals surface area contributed by atoms with Gasteiger partial charge in [-0.25, -0.2) is 4.98 Å². The molecule has 0 saturated carbocycles. The number of carbonyl (C=O) groups excluding carboxylic acids is 1. The van der Waals surface area contributed by atoms with Crippen LogP contribution < -0.4 is 10.1 Å². The molecule has 0 aliphatic heterocycles. The number of carboxylic acid groups (broad SMARTS) is 1. The van der Waals surface area contributed by atoms with E-state index in [4.69, 9.17) is 21.4 Å². The highest BCUT2D eigenvalue weighted by atomic mass is 35.5. The SMILES string of the molecule is CCOc1ncc(C(=O)NC(C)C(C)C(=O)O)cc1Cl. The Hall–Kier alpha value is -1.82. The van der Waals surface area contributed by atoms with E-state index in [0.717, 1.165) is 0 Å². The summed E-state index contributed by atoms with van der Waals surface area (Å²) in [5, 5.41) is 11.7. The number of hydrogen-bond acceptors (Lipinski definition) is 4. The lowest BCUT2D eigenvalue weighted by Crippen LogP contribution is -2.40. The molecule has 1 amide bonds. The Balaban J connectivity index is 2.78. The highest BCUT2D eigenvalue weighted by molar-refractivity contribution is 6.32. The second kappa shape index (κ2) is 7.09. The third kappa shape index (κ3) is 4.09. The molecule has 0 aliphatic carbocycles. The number of nitrogens with zero attached hydrogens (tertiary/aromatic N) is 1. The van der Waals surface area contributed by atoms with Crippen LogP contribution in [0.5, 0.6) is 5.88 Å². The van der Waals surface area contributed by atoms with Crippen LogP contribution in [-0.2, 0) is 4.79 Å². The van der Waals surface area contributed by atoms with E-state index in [1.54, 1.807) is 13.8 Å². The fourth-order valence-corrected chi connectivity index (χ4v) is 1.64. The standard InChI is InChI=1S/C13H17ClN2O4/c1-4-20-12-10(14)5-9(6-15-12)11(17)16-8(3)7(2)13(18)19/h5-8H,4H2,1-3H3,(H,16,17)(H,18,19). The molecule has 1 heterocycles. The molecular weight excluding hydrogens is 284 g/mol. The number of nitrogens with one attached hydrogen (secondary N) is 1. The van der Waals surface area contributed by atoms with Gasteiger partial charge in [0.15, 0.2) is 0 Å². The Morgan fingerprint density at radius 2 is 2.15 bits per heavy atom. The molecule has 1 aromatic heterocycles. The first-order valence-corrected chi connectivity index (χ1v) is 6.56. The Morgan fingerprint density at radius 1 is 1.50 bits per heavy atom. The van der Waals surface area contributed by atoms with Gasteiger partial charge in [0.05, 0.1) is 18.1 Å². The van der Waals surface area contributed by atoms with Crippen molar-refractivity contribution >= 4 is 23.5 Å². The van der Waals surface area contributed by atoms with Crippen molar-refractivity contribution in [2.75, 3.05) is 6.61 Å². The van der Waals surface area contributed by atoms with Crippen LogP contribution in [0.15, 0.2) is 12.3 Å². The molecule has 0 saturated heterocycles. The number of pyridine rings is 1. The van der Waals surface area contributed by atoms with Crippen molar-refractivity contribution in [3.05, 3.63) is 22.8 Å². The normalized spacial score (nSPS) is 13.4. The molecule has 1 rings (SSSR count). The quantitative estimate of drug-likeness (QED) is 0.838. The van der Waals surface area contributed by atoms with Crippen molar-refractivity contribution in [1.29, 1.82) is 0 Å². The summed E-state index contributed by atoms with van der Waals surface area (Å²) in [5.74, 6) is -1.83. The molecule has 0 aromatic carbocycles. The van der Waals surface area contributed by atoms with Crippen LogP contribution in [0, 0.1) is 5.92 Å². The number of carboxylic acids is 1. The topological polar surface area (TPSA) is 88.5 Å². The minimum Gasteiger partial charge on any atom is -0.481 e. The third-order valence-electron chi connectivity index (χ3n) is 2.85. The zero-order valence-corrected chi connectivity index (χ0v) is 12.3. The van der Waals surface area contributed by atoms with E-state index in [0.29, 0.717) is 6.61 Å². The van der Waals surface area contributed by atoms with Gasteiger partial charge in [-0.1, -0.05) is 11.6 Å². The molecule has 0 spiro atoms. The lowest BCUT2D eigenvalue weighted by atomic mass is 10.0. The van der Waals surface area contributed by atoms with Crippen molar-refractivity contribution in [2.24, 2.45) is 5.92 Å². The summed E-state index contributed by atoms with van der Waals surface area (Å²) < 4.78 is 5.17. The first-order valence-electron chi connectivity index (χ1n) is 6.18. The van der Waals surface area contributed by atoms with Gasteiger partial charge in [0, 0.05) is 12.2 Å². The predicted molar refractivity (Wildman–Crippen MR) is 74.1 cm³/mol. The van der Waals surface area contributed by atoms with Gasteiger partial charge in [-0.15, -0.1) is 0 Å². The monoisotopic (exact) mass is 300 g/mol. The van der Waals surface area contributed by atoms with E-state index in [-0.39, 0.29) is 16.5 Å². The van der Waals surface area contributed by atoms with Gasteiger partial charge in [0.1, 0.15) is 5.02 Å². The average Bonchev–Trinajstić information content (AvgIpc) is 2.40. The molecule has 1 aromatic rings. The van der Waals surface area contributed by atoms with Crippen LogP contribution in [-0.4, -0.2) is 34.6 Å². The smallest absolute Gasteiger partial charge is 0.308 e. The summed E-state index contributed by atoms with van der Waals surface area (Å²) in [6.45, 7) is 5.37. The molecule has 2 N–H and O–H groups in total. The molecule has 0 radical (unpaired) electrons. The summed E-state index contributed by atoms with van der Waals surface area (Å²) >= 11 is 5.94. The van der Waals surface area contributed by atoms with Gasteiger partial charge < -0.3 is 15.2 Å². The van der Waals surface area contributed by atoms with Crippen LogP contribution in [0.1, 0.15) is 31.1 Å². The van der Waals surface area contributed by atoms with Crippen molar-refractivity contribution < 1.29 is 19.4 Å². The van der Waals surface area contributed by atoms with Crippen molar-refractivity contribution in [3.63, 3.8) is 0 Å². The molecule has 7 heteroatoms. The minimum absolute atomic E-state index is 0.235. The average molecular weight is 301 g/mol. The molecule has 20 heavy (non-hydrogen) atoms. The van der Waals surface area contributed by atoms with Crippen LogP contribution in [0.2, 0.25) is 5.02 Å². The van der Waals surface area contributed by atoms with Crippen LogP contribution in [0.3, 0.4) is 0 Å². The van der Waals surface area contributed by atoms with Gasteiger partial charge in [-0.2, -0.15) is 0 Å². The van der Waals surface area contributed by atoms with E-state index in [2.05, 4.69) is 10.3 Å². The van der Waals surface area contributed by atoms with E-state index >= 15 is 0 Å². The predicted octanol–water partition coefficient (Wildman–Crippen LogP) is 1.97. The number of aliphatic carboxylic acids is 1. The van der Waals surface area contributed by atoms with Gasteiger partial charge in [-0.3, -0.25) is 9.59 Å². The molecular formula is C13H17ClN2O4. The summed E-state index contributed by atoms with van der Waals surface area (Å²) in [5.41, 5.74) is 0.253. The van der Waals surface area contributed by atoms with E-state index in [1.165, 1.54) is 19.2 Å². The first-order chi connectivity index (χ1) is 9.36. The van der Waals surface area contributed by atoms with Crippen molar-refractivity contribution in [2.45, 2.75) is 26.8 Å². The number of amides is 1. The second-order valence-corrected chi connectivity index (χ2v) is 4.74. The van der Waals surface area contributed by atoms with Crippen LogP contribution in [0.25, 0.3) is 0 Å². The lowest BCUT2D eigenvalue weighted by Gasteiger charge is -2.17. The van der Waals surface area contributed by atoms with Gasteiger partial charge in [0.25, 0.3) is 5.91 Å². The molecule has 2 atom stereocenters. The van der Waals surface area contributed by atoms with E-state index in [9.17, 15) is 9.59 Å². The second-order valence-electron chi connectivity index (χ2n) is 4.33. The first kappa shape index (κ1) is 16.2. The molecule has 0 fully saturated rings. The Bertz CT molecular complexity index is 507. The summed E-state index contributed by atoms with van der Waals surface area (Å²) in [4.78, 5) is 26.7.